The maximum Gasteiger partial charge on any atom is 0.0600 e. The highest BCUT2D eigenvalue weighted by atomic mass is 16.3. The van der Waals surface area contributed by atoms with Gasteiger partial charge in [0.1, 0.15) is 0 Å². The van der Waals surface area contributed by atoms with Crippen molar-refractivity contribution in [1.82, 2.24) is 5.32 Å². The summed E-state index contributed by atoms with van der Waals surface area (Å²) in [7, 11) is 0. The Labute approximate surface area is 43.5 Å². The van der Waals surface area contributed by atoms with E-state index in [0.29, 0.717) is 0 Å². The van der Waals surface area contributed by atoms with Gasteiger partial charge in [0.25, 0.3) is 0 Å². The first-order valence-electron chi connectivity index (χ1n) is 2.71. The maximum absolute atomic E-state index is 8.47. The van der Waals surface area contributed by atoms with Gasteiger partial charge in [-0.2, -0.15) is 0 Å². The summed E-state index contributed by atoms with van der Waals surface area (Å²) in [6.07, 6.45) is 2.27. The number of hydrogen-bond donors (Lipinski definition) is 1. The molecule has 1 rings (SSSR count). The predicted molar refractivity (Wildman–Crippen MR) is 27.1 cm³/mol. The van der Waals surface area contributed by atoms with E-state index in [9.17, 15) is 0 Å². The van der Waals surface area contributed by atoms with E-state index in [1.54, 1.807) is 0 Å². The molecule has 1 unspecified atom stereocenters. The zero-order valence-corrected chi connectivity index (χ0v) is 4.30. The van der Waals surface area contributed by atoms with Gasteiger partial charge in [0, 0.05) is 12.6 Å². The fourth-order valence-electron chi connectivity index (χ4n) is 0.841. The highest BCUT2D eigenvalue weighted by Gasteiger charge is 2.12. The highest BCUT2D eigenvalue weighted by molar-refractivity contribution is 4.71. The van der Waals surface area contributed by atoms with Crippen molar-refractivity contribution in [3.8, 4) is 0 Å². The zero-order valence-electron chi connectivity index (χ0n) is 4.30. The van der Waals surface area contributed by atoms with E-state index in [4.69, 9.17) is 5.11 Å². The third-order valence-electron chi connectivity index (χ3n) is 1.29. The van der Waals surface area contributed by atoms with Crippen LogP contribution in [0.15, 0.2) is 0 Å². The molecule has 1 radical (unpaired) electrons. The second-order valence-corrected chi connectivity index (χ2v) is 1.88. The van der Waals surface area contributed by atoms with Crippen LogP contribution >= 0.6 is 0 Å². The van der Waals surface area contributed by atoms with E-state index >= 15 is 0 Å². The van der Waals surface area contributed by atoms with Crippen LogP contribution in [0.2, 0.25) is 0 Å². The van der Waals surface area contributed by atoms with Crippen molar-refractivity contribution in [1.29, 1.82) is 0 Å². The lowest BCUT2D eigenvalue weighted by atomic mass is 10.2. The molecule has 2 nitrogen and oxygen atoms in total. The number of nitrogens with zero attached hydrogens (tertiary/aromatic N) is 1. The summed E-state index contributed by atoms with van der Waals surface area (Å²) >= 11 is 0. The van der Waals surface area contributed by atoms with Crippen molar-refractivity contribution >= 4 is 0 Å². The molecule has 7 heavy (non-hydrogen) atoms. The third kappa shape index (κ3) is 1.14. The minimum atomic E-state index is 0.250. The SMILES string of the molecule is OCC1CCC[N]1. The zero-order chi connectivity index (χ0) is 5.11. The molecule has 1 N–H and O–H groups in total. The lowest BCUT2D eigenvalue weighted by molar-refractivity contribution is 0.253. The monoisotopic (exact) mass is 100 g/mol. The Morgan fingerprint density at radius 1 is 1.71 bits per heavy atom. The summed E-state index contributed by atoms with van der Waals surface area (Å²) in [5.41, 5.74) is 0. The fraction of sp³-hybridized carbons (Fsp3) is 1.00. The van der Waals surface area contributed by atoms with Crippen LogP contribution in [0.25, 0.3) is 0 Å². The van der Waals surface area contributed by atoms with E-state index in [1.165, 1.54) is 6.42 Å². The van der Waals surface area contributed by atoms with Crippen LogP contribution in [0.1, 0.15) is 12.8 Å². The minimum absolute atomic E-state index is 0.250. The fourth-order valence-corrected chi connectivity index (χ4v) is 0.841. The van der Waals surface area contributed by atoms with Crippen molar-refractivity contribution in [2.24, 2.45) is 0 Å². The quantitative estimate of drug-likeness (QED) is 0.484. The van der Waals surface area contributed by atoms with Crippen LogP contribution < -0.4 is 5.32 Å². The number of aliphatic hydroxyl groups excluding tert-OH is 1. The van der Waals surface area contributed by atoms with Crippen LogP contribution in [0.3, 0.4) is 0 Å². The van der Waals surface area contributed by atoms with Crippen molar-refractivity contribution in [2.45, 2.75) is 18.9 Å². The summed E-state index contributed by atoms with van der Waals surface area (Å²) in [5, 5.41) is 12.6. The van der Waals surface area contributed by atoms with Gasteiger partial charge in [-0.1, -0.05) is 0 Å². The number of hydrogen-bond acceptors (Lipinski definition) is 1. The molecule has 1 heterocycles. The van der Waals surface area contributed by atoms with Crippen LogP contribution in [0.4, 0.5) is 0 Å². The number of aliphatic hydroxyl groups is 1. The molecular formula is C5H10NO. The van der Waals surface area contributed by atoms with Crippen LogP contribution in [0, 0.1) is 0 Å². The lowest BCUT2D eigenvalue weighted by Crippen LogP contribution is -2.17. The minimum Gasteiger partial charge on any atom is -0.395 e. The largest absolute Gasteiger partial charge is 0.395 e. The molecule has 0 saturated carbocycles. The van der Waals surface area contributed by atoms with E-state index in [1.807, 2.05) is 0 Å². The van der Waals surface area contributed by atoms with Crippen LogP contribution in [-0.4, -0.2) is 24.3 Å². The van der Waals surface area contributed by atoms with Gasteiger partial charge < -0.3 is 5.11 Å². The first-order chi connectivity index (χ1) is 3.43. The van der Waals surface area contributed by atoms with Gasteiger partial charge in [0.05, 0.1) is 6.61 Å². The van der Waals surface area contributed by atoms with Crippen molar-refractivity contribution in [2.75, 3.05) is 13.2 Å². The van der Waals surface area contributed by atoms with Crippen molar-refractivity contribution in [3.63, 3.8) is 0 Å². The van der Waals surface area contributed by atoms with Gasteiger partial charge in [-0.15, -0.1) is 0 Å². The van der Waals surface area contributed by atoms with Crippen LogP contribution in [0.5, 0.6) is 0 Å². The normalized spacial score (nSPS) is 31.3. The molecule has 1 aliphatic heterocycles. The summed E-state index contributed by atoms with van der Waals surface area (Å²) < 4.78 is 0. The van der Waals surface area contributed by atoms with Crippen molar-refractivity contribution < 1.29 is 5.11 Å². The molecule has 1 saturated heterocycles. The Hall–Kier alpha value is -0.0800. The summed E-state index contributed by atoms with van der Waals surface area (Å²) in [6, 6.07) is 0.278. The van der Waals surface area contributed by atoms with Crippen molar-refractivity contribution in [3.05, 3.63) is 0 Å². The van der Waals surface area contributed by atoms with E-state index in [2.05, 4.69) is 5.32 Å². The van der Waals surface area contributed by atoms with Gasteiger partial charge in [0.2, 0.25) is 0 Å². The molecular weight excluding hydrogens is 90.1 g/mol. The second-order valence-electron chi connectivity index (χ2n) is 1.88. The summed E-state index contributed by atoms with van der Waals surface area (Å²) in [6.45, 7) is 1.21. The smallest absolute Gasteiger partial charge is 0.0600 e. The van der Waals surface area contributed by atoms with E-state index in [0.717, 1.165) is 13.0 Å². The lowest BCUT2D eigenvalue weighted by Gasteiger charge is -1.99. The Kier molecular flexibility index (Phi) is 1.65. The molecule has 0 aromatic rings. The summed E-state index contributed by atoms with van der Waals surface area (Å²) in [4.78, 5) is 0. The molecule has 1 atom stereocenters. The molecule has 0 aromatic heterocycles. The molecule has 0 bridgehead atoms. The van der Waals surface area contributed by atoms with E-state index in [-0.39, 0.29) is 12.6 Å². The first-order valence-corrected chi connectivity index (χ1v) is 2.71. The maximum atomic E-state index is 8.47. The molecule has 2 heteroatoms. The summed E-state index contributed by atoms with van der Waals surface area (Å²) in [5.74, 6) is 0. The van der Waals surface area contributed by atoms with Gasteiger partial charge >= 0.3 is 0 Å². The Bertz CT molecular complexity index is 50.0. The Balaban J connectivity index is 2.14. The molecule has 0 spiro atoms. The Morgan fingerprint density at radius 3 is 2.86 bits per heavy atom. The van der Waals surface area contributed by atoms with Gasteiger partial charge in [-0.25, -0.2) is 5.32 Å². The Morgan fingerprint density at radius 2 is 2.57 bits per heavy atom. The first kappa shape index (κ1) is 5.06. The molecule has 0 amide bonds. The van der Waals surface area contributed by atoms with Gasteiger partial charge in [0.15, 0.2) is 0 Å². The highest BCUT2D eigenvalue weighted by Crippen LogP contribution is 2.04. The third-order valence-corrected chi connectivity index (χ3v) is 1.29. The average molecular weight is 100 g/mol. The van der Waals surface area contributed by atoms with Gasteiger partial charge in [-0.05, 0) is 12.8 Å². The standard InChI is InChI=1S/C5H10NO/c7-4-5-2-1-3-6-5/h5,7H,1-4H2. The second kappa shape index (κ2) is 2.28. The van der Waals surface area contributed by atoms with Crippen LogP contribution in [-0.2, 0) is 0 Å². The van der Waals surface area contributed by atoms with Gasteiger partial charge in [-0.3, -0.25) is 0 Å². The van der Waals surface area contributed by atoms with E-state index < -0.39 is 0 Å². The molecule has 41 valence electrons. The molecule has 0 aromatic carbocycles. The predicted octanol–water partition coefficient (Wildman–Crippen LogP) is -0.254. The average Bonchev–Trinajstić information content (AvgIpc) is 2.14. The number of rotatable bonds is 1. The topological polar surface area (TPSA) is 34.3 Å². The molecule has 1 fully saturated rings. The molecule has 1 aliphatic rings. The molecule has 0 aliphatic carbocycles.